The van der Waals surface area contributed by atoms with Crippen molar-refractivity contribution in [1.29, 1.82) is 5.26 Å². The summed E-state index contributed by atoms with van der Waals surface area (Å²) in [6.07, 6.45) is -3.19. The largest absolute Gasteiger partial charge is 0.488 e. The van der Waals surface area contributed by atoms with E-state index < -0.39 is 81.1 Å². The highest BCUT2D eigenvalue weighted by Gasteiger charge is 2.45. The van der Waals surface area contributed by atoms with Crippen LogP contribution in [0.1, 0.15) is 45.3 Å². The lowest BCUT2D eigenvalue weighted by atomic mass is 9.93. The number of hydrogen-bond donors (Lipinski definition) is 6. The Morgan fingerprint density at radius 1 is 0.912 bits per heavy atom. The van der Waals surface area contributed by atoms with Crippen molar-refractivity contribution in [3.8, 4) is 34.4 Å². The normalized spacial score (nSPS) is 18.6. The Bertz CT molecular complexity index is 2850. The summed E-state index contributed by atoms with van der Waals surface area (Å²) in [4.78, 5) is 18.2. The highest BCUT2D eigenvalue weighted by Crippen LogP contribution is 2.37. The van der Waals surface area contributed by atoms with Crippen LogP contribution in [0.3, 0.4) is 0 Å². The molecule has 1 aliphatic heterocycles. The standard InChI is InChI=1S/C43H47ClFN7O14S2/c1-24-28(6-4-7-31(24)32-8-5-9-34(25(32)2)65-23-30-19-52(50-49-30)43-42(56)41(55)40(54)37(13-45)66-43)22-64-36-12-35(63-21-27-10-26(14-46)15-47-16-27)29(11-33(36)44)18-51(3)20-38(53)48-17-39(67(57,58)59)68(60,61)62/h4-12,15-16,19,37,39-43,54-56H,13,17-18,20-23H2,1-3H3,(H,48,53)(H,57,58,59)(H,60,61,62)/t37?,40-,41?,42?,43-/m1/s1. The average molecular weight is 1000 g/mol. The number of rotatable bonds is 20. The zero-order chi connectivity index (χ0) is 49.5. The molecule has 6 rings (SSSR count). The van der Waals surface area contributed by atoms with Crippen molar-refractivity contribution in [2.75, 3.05) is 26.8 Å². The molecular weight excluding hydrogens is 957 g/mol. The Morgan fingerprint density at radius 3 is 2.28 bits per heavy atom. The number of alkyl halides is 1. The molecule has 25 heteroatoms. The lowest BCUT2D eigenvalue weighted by molar-refractivity contribution is -0.250. The van der Waals surface area contributed by atoms with E-state index in [0.29, 0.717) is 28.1 Å². The summed E-state index contributed by atoms with van der Waals surface area (Å²) >= 11 is 6.77. The molecule has 364 valence electrons. The highest BCUT2D eigenvalue weighted by molar-refractivity contribution is 8.04. The van der Waals surface area contributed by atoms with Crippen LogP contribution in [0, 0.1) is 25.2 Å². The van der Waals surface area contributed by atoms with Crippen molar-refractivity contribution in [2.24, 2.45) is 0 Å². The molecule has 2 aromatic heterocycles. The summed E-state index contributed by atoms with van der Waals surface area (Å²) < 4.78 is 100. The maximum absolute atomic E-state index is 13.4. The fraction of sp³-hybridized carbons (Fsp3) is 0.372. The number of pyridine rings is 1. The summed E-state index contributed by atoms with van der Waals surface area (Å²) in [6.45, 7) is 1.23. The fourth-order valence-electron chi connectivity index (χ4n) is 7.22. The Hall–Kier alpha value is -5.85. The monoisotopic (exact) mass is 1000 g/mol. The Morgan fingerprint density at radius 2 is 1.59 bits per heavy atom. The molecule has 5 atom stereocenters. The number of aliphatic hydroxyl groups excluding tert-OH is 3. The van der Waals surface area contributed by atoms with Crippen LogP contribution in [0.25, 0.3) is 11.1 Å². The van der Waals surface area contributed by atoms with Gasteiger partial charge in [0.05, 0.1) is 29.9 Å². The molecule has 1 aliphatic rings. The Balaban J connectivity index is 1.16. The summed E-state index contributed by atoms with van der Waals surface area (Å²) in [6, 6.07) is 18.0. The molecule has 1 fully saturated rings. The van der Waals surface area contributed by atoms with Crippen molar-refractivity contribution < 1.29 is 69.4 Å². The number of aliphatic hydroxyl groups is 3. The number of carbonyl (C=O) groups is 1. The summed E-state index contributed by atoms with van der Waals surface area (Å²) in [5.41, 5.74) is 5.92. The summed E-state index contributed by atoms with van der Waals surface area (Å²) in [5, 5.41) is 50.3. The fourth-order valence-corrected chi connectivity index (χ4v) is 9.28. The third kappa shape index (κ3) is 12.6. The van der Waals surface area contributed by atoms with E-state index in [2.05, 4.69) is 20.6 Å². The first-order valence-electron chi connectivity index (χ1n) is 20.5. The van der Waals surface area contributed by atoms with Gasteiger partial charge in [-0.05, 0) is 66.9 Å². The van der Waals surface area contributed by atoms with Crippen molar-refractivity contribution in [1.82, 2.24) is 30.2 Å². The number of likely N-dealkylation sites (N-methyl/N-ethyl adjacent to an activating group) is 1. The molecule has 0 aliphatic carbocycles. The van der Waals surface area contributed by atoms with Gasteiger partial charge in [-0.3, -0.25) is 23.8 Å². The Labute approximate surface area is 395 Å². The topological polar surface area (TPSA) is 306 Å². The molecule has 68 heavy (non-hydrogen) atoms. The van der Waals surface area contributed by atoms with Gasteiger partial charge in [-0.1, -0.05) is 47.1 Å². The van der Waals surface area contributed by atoms with Gasteiger partial charge in [-0.2, -0.15) is 22.1 Å². The van der Waals surface area contributed by atoms with E-state index in [-0.39, 0.29) is 42.9 Å². The number of nitrogens with one attached hydrogen (secondary N) is 1. The predicted octanol–water partition coefficient (Wildman–Crippen LogP) is 2.82. The van der Waals surface area contributed by atoms with Crippen LogP contribution in [0.5, 0.6) is 17.2 Å². The van der Waals surface area contributed by atoms with Crippen molar-refractivity contribution in [3.63, 3.8) is 0 Å². The number of nitriles is 1. The molecule has 21 nitrogen and oxygen atoms in total. The summed E-state index contributed by atoms with van der Waals surface area (Å²) in [7, 11) is -9.00. The smallest absolute Gasteiger partial charge is 0.286 e. The van der Waals surface area contributed by atoms with Gasteiger partial charge in [0, 0.05) is 36.1 Å². The second kappa shape index (κ2) is 22.1. The number of nitrogens with zero attached hydrogens (tertiary/aromatic N) is 6. The molecule has 3 heterocycles. The first-order chi connectivity index (χ1) is 32.2. The van der Waals surface area contributed by atoms with Gasteiger partial charge < -0.3 is 39.6 Å². The molecule has 1 amide bonds. The predicted molar refractivity (Wildman–Crippen MR) is 239 cm³/mol. The minimum atomic E-state index is -5.27. The van der Waals surface area contributed by atoms with Crippen LogP contribution in [0.2, 0.25) is 5.02 Å². The van der Waals surface area contributed by atoms with Crippen LogP contribution in [-0.4, -0.2) is 128 Å². The van der Waals surface area contributed by atoms with E-state index in [1.807, 2.05) is 50.2 Å². The molecule has 0 radical (unpaired) electrons. The molecule has 0 spiro atoms. The average Bonchev–Trinajstić information content (AvgIpc) is 3.75. The zero-order valence-electron chi connectivity index (χ0n) is 36.5. The SMILES string of the molecule is Cc1c(COc2cc(OCc3cncc(C#N)c3)c(CN(C)CC(=O)NCC(S(=O)(=O)O)S(=O)(=O)O)cc2Cl)cccc1-c1cccc(OCc2cn([C@@H]3OC(CF)[C@@H](O)C(O)C3O)nn2)c1C. The molecule has 3 unspecified atom stereocenters. The van der Waals surface area contributed by atoms with Crippen LogP contribution < -0.4 is 19.5 Å². The zero-order valence-corrected chi connectivity index (χ0v) is 38.9. The molecular formula is C43H47ClFN7O14S2. The van der Waals surface area contributed by atoms with Crippen molar-refractivity contribution in [3.05, 3.63) is 117 Å². The molecule has 5 aromatic rings. The van der Waals surface area contributed by atoms with Crippen molar-refractivity contribution >= 4 is 37.7 Å². The summed E-state index contributed by atoms with van der Waals surface area (Å²) in [5.74, 6) is 0.220. The lowest BCUT2D eigenvalue weighted by Gasteiger charge is -2.39. The van der Waals surface area contributed by atoms with Crippen molar-refractivity contribution in [2.45, 2.75) is 75.4 Å². The van der Waals surface area contributed by atoms with Crippen LogP contribution >= 0.6 is 11.6 Å². The van der Waals surface area contributed by atoms with Gasteiger partial charge in [-0.15, -0.1) is 5.10 Å². The van der Waals surface area contributed by atoms with E-state index in [9.17, 15) is 55.7 Å². The third-order valence-electron chi connectivity index (χ3n) is 10.9. The number of amides is 1. The second-order valence-corrected chi connectivity index (χ2v) is 19.7. The number of hydrogen-bond acceptors (Lipinski definition) is 17. The first-order valence-corrected chi connectivity index (χ1v) is 23.8. The molecule has 0 saturated carbocycles. The van der Waals surface area contributed by atoms with Crippen LogP contribution in [-0.2, 0) is 56.1 Å². The molecule has 1 saturated heterocycles. The van der Waals surface area contributed by atoms with Gasteiger partial charge in [0.1, 0.15) is 79.9 Å². The van der Waals surface area contributed by atoms with E-state index in [1.165, 1.54) is 30.5 Å². The van der Waals surface area contributed by atoms with Gasteiger partial charge in [0.25, 0.3) is 20.2 Å². The Kier molecular flexibility index (Phi) is 16.7. The highest BCUT2D eigenvalue weighted by atomic mass is 35.5. The quantitative estimate of drug-likeness (QED) is 0.0611. The van der Waals surface area contributed by atoms with E-state index >= 15 is 0 Å². The molecule has 0 bridgehead atoms. The van der Waals surface area contributed by atoms with Gasteiger partial charge in [0.15, 0.2) is 6.23 Å². The van der Waals surface area contributed by atoms with Gasteiger partial charge in [0.2, 0.25) is 10.5 Å². The first kappa shape index (κ1) is 51.5. The number of benzene rings is 3. The maximum atomic E-state index is 13.4. The number of halogens is 2. The number of carbonyl (C=O) groups excluding carboxylic acids is 1. The number of aromatic nitrogens is 4. The van der Waals surface area contributed by atoms with E-state index in [1.54, 1.807) is 24.3 Å². The van der Waals surface area contributed by atoms with E-state index in [0.717, 1.165) is 32.5 Å². The molecule has 6 N–H and O–H groups in total. The van der Waals surface area contributed by atoms with Crippen LogP contribution in [0.4, 0.5) is 4.39 Å². The molecule has 3 aromatic carbocycles. The van der Waals surface area contributed by atoms with Crippen LogP contribution in [0.15, 0.2) is 73.2 Å². The van der Waals surface area contributed by atoms with Gasteiger partial charge in [-0.25, -0.2) is 9.07 Å². The maximum Gasteiger partial charge on any atom is 0.286 e. The lowest BCUT2D eigenvalue weighted by Crippen LogP contribution is -2.56. The van der Waals surface area contributed by atoms with E-state index in [4.69, 9.17) is 30.5 Å². The van der Waals surface area contributed by atoms with Gasteiger partial charge >= 0.3 is 0 Å². The second-order valence-electron chi connectivity index (χ2n) is 15.8. The third-order valence-corrected chi connectivity index (χ3v) is 14.3. The minimum absolute atomic E-state index is 0.0149. The number of ether oxygens (including phenoxy) is 4. The minimum Gasteiger partial charge on any atom is -0.488 e.